The summed E-state index contributed by atoms with van der Waals surface area (Å²) in [5, 5.41) is 11.3. The molecule has 4 N–H and O–H groups in total. The van der Waals surface area contributed by atoms with Crippen LogP contribution in [0.15, 0.2) is 12.1 Å². The molecule has 1 aromatic carbocycles. The monoisotopic (exact) mass is 372 g/mol. The SMILES string of the molecule is Nc1n[nH]c2cc(OCC3CCNCC3)cc(I)c12. The minimum absolute atomic E-state index is 0.546. The van der Waals surface area contributed by atoms with E-state index in [0.29, 0.717) is 11.7 Å². The fourth-order valence-electron chi connectivity index (χ4n) is 2.45. The van der Waals surface area contributed by atoms with Crippen LogP contribution in [0.1, 0.15) is 12.8 Å². The maximum atomic E-state index is 5.92. The van der Waals surface area contributed by atoms with E-state index in [2.05, 4.69) is 38.1 Å². The van der Waals surface area contributed by atoms with E-state index in [0.717, 1.165) is 39.9 Å². The van der Waals surface area contributed by atoms with Crippen LogP contribution in [-0.2, 0) is 0 Å². The van der Waals surface area contributed by atoms with Crippen molar-refractivity contribution in [3.05, 3.63) is 15.7 Å². The zero-order chi connectivity index (χ0) is 13.2. The molecule has 19 heavy (non-hydrogen) atoms. The van der Waals surface area contributed by atoms with Crippen molar-refractivity contribution in [3.63, 3.8) is 0 Å². The molecular formula is C13H17IN4O. The second-order valence-corrected chi connectivity index (χ2v) is 6.10. The van der Waals surface area contributed by atoms with E-state index in [1.54, 1.807) is 0 Å². The molecule has 2 heterocycles. The smallest absolute Gasteiger partial charge is 0.154 e. The third-order valence-electron chi connectivity index (χ3n) is 3.56. The van der Waals surface area contributed by atoms with Gasteiger partial charge in [-0.15, -0.1) is 0 Å². The number of hydrogen-bond acceptors (Lipinski definition) is 4. The fraction of sp³-hybridized carbons (Fsp3) is 0.462. The molecule has 0 amide bonds. The minimum Gasteiger partial charge on any atom is -0.493 e. The van der Waals surface area contributed by atoms with Gasteiger partial charge in [0.1, 0.15) is 5.75 Å². The van der Waals surface area contributed by atoms with Crippen molar-refractivity contribution >= 4 is 39.3 Å². The first-order chi connectivity index (χ1) is 9.24. The molecule has 1 saturated heterocycles. The molecule has 5 nitrogen and oxygen atoms in total. The van der Waals surface area contributed by atoms with Crippen molar-refractivity contribution in [3.8, 4) is 5.75 Å². The van der Waals surface area contributed by atoms with Crippen molar-refractivity contribution in [2.75, 3.05) is 25.4 Å². The van der Waals surface area contributed by atoms with Crippen molar-refractivity contribution < 1.29 is 4.74 Å². The van der Waals surface area contributed by atoms with Crippen LogP contribution in [0.5, 0.6) is 5.75 Å². The Morgan fingerprint density at radius 3 is 2.95 bits per heavy atom. The summed E-state index contributed by atoms with van der Waals surface area (Å²) in [5.74, 6) is 2.09. The molecule has 0 bridgehead atoms. The summed E-state index contributed by atoms with van der Waals surface area (Å²) in [6.45, 7) is 2.98. The van der Waals surface area contributed by atoms with Gasteiger partial charge in [-0.25, -0.2) is 0 Å². The number of nitrogens with two attached hydrogens (primary N) is 1. The Kier molecular flexibility index (Phi) is 3.79. The average Bonchev–Trinajstić information content (AvgIpc) is 2.80. The van der Waals surface area contributed by atoms with E-state index in [1.165, 1.54) is 12.8 Å². The number of benzene rings is 1. The van der Waals surface area contributed by atoms with Crippen molar-refractivity contribution in [1.29, 1.82) is 0 Å². The van der Waals surface area contributed by atoms with Crippen LogP contribution < -0.4 is 15.8 Å². The third-order valence-corrected chi connectivity index (χ3v) is 4.41. The van der Waals surface area contributed by atoms with Crippen molar-refractivity contribution in [2.45, 2.75) is 12.8 Å². The summed E-state index contributed by atoms with van der Waals surface area (Å²) < 4.78 is 6.99. The number of aromatic amines is 1. The molecule has 0 spiro atoms. The second kappa shape index (κ2) is 5.54. The number of ether oxygens (including phenoxy) is 1. The van der Waals surface area contributed by atoms with Gasteiger partial charge in [0.15, 0.2) is 5.82 Å². The molecule has 0 atom stereocenters. The lowest BCUT2D eigenvalue weighted by molar-refractivity contribution is 0.215. The van der Waals surface area contributed by atoms with Gasteiger partial charge < -0.3 is 15.8 Å². The zero-order valence-electron chi connectivity index (χ0n) is 10.6. The van der Waals surface area contributed by atoms with Gasteiger partial charge in [0.2, 0.25) is 0 Å². The van der Waals surface area contributed by atoms with Crippen LogP contribution in [0.3, 0.4) is 0 Å². The lowest BCUT2D eigenvalue weighted by atomic mass is 9.99. The largest absolute Gasteiger partial charge is 0.493 e. The number of nitrogens with one attached hydrogen (secondary N) is 2. The molecule has 0 radical (unpaired) electrons. The Hall–Kier alpha value is -1.02. The second-order valence-electron chi connectivity index (χ2n) is 4.94. The normalized spacial score (nSPS) is 16.9. The van der Waals surface area contributed by atoms with Gasteiger partial charge in [-0.2, -0.15) is 5.10 Å². The molecule has 0 unspecified atom stereocenters. The summed E-state index contributed by atoms with van der Waals surface area (Å²) in [5.41, 5.74) is 6.76. The lowest BCUT2D eigenvalue weighted by Gasteiger charge is -2.22. The van der Waals surface area contributed by atoms with Gasteiger partial charge in [0.05, 0.1) is 17.5 Å². The number of rotatable bonds is 3. The molecule has 0 aliphatic carbocycles. The van der Waals surface area contributed by atoms with Gasteiger partial charge in [-0.3, -0.25) is 5.10 Å². The van der Waals surface area contributed by atoms with E-state index in [1.807, 2.05) is 12.1 Å². The number of fused-ring (bicyclic) bond motifs is 1. The van der Waals surface area contributed by atoms with Crippen LogP contribution in [0.25, 0.3) is 10.9 Å². The number of anilines is 1. The van der Waals surface area contributed by atoms with Crippen LogP contribution in [0, 0.1) is 9.49 Å². The highest BCUT2D eigenvalue weighted by atomic mass is 127. The van der Waals surface area contributed by atoms with Gasteiger partial charge in [-0.05, 0) is 60.5 Å². The van der Waals surface area contributed by atoms with E-state index in [9.17, 15) is 0 Å². The standard InChI is InChI=1S/C13H17IN4O/c14-10-5-9(6-11-12(10)13(15)18-17-11)19-7-8-1-3-16-4-2-8/h5-6,8,16H,1-4,7H2,(H3,15,17,18). The number of aromatic nitrogens is 2. The number of H-pyrrole nitrogens is 1. The lowest BCUT2D eigenvalue weighted by Crippen LogP contribution is -2.30. The van der Waals surface area contributed by atoms with E-state index < -0.39 is 0 Å². The Labute approximate surface area is 125 Å². The highest BCUT2D eigenvalue weighted by Crippen LogP contribution is 2.29. The van der Waals surface area contributed by atoms with Crippen LogP contribution in [0.2, 0.25) is 0 Å². The molecule has 0 saturated carbocycles. The molecule has 3 rings (SSSR count). The number of halogens is 1. The molecule has 1 fully saturated rings. The van der Waals surface area contributed by atoms with Crippen LogP contribution in [0.4, 0.5) is 5.82 Å². The van der Waals surface area contributed by atoms with E-state index in [4.69, 9.17) is 10.5 Å². The molecular weight excluding hydrogens is 355 g/mol. The minimum atomic E-state index is 0.546. The zero-order valence-corrected chi connectivity index (χ0v) is 12.7. The molecule has 1 aliphatic heterocycles. The molecule has 2 aromatic rings. The predicted molar refractivity (Wildman–Crippen MR) is 84.3 cm³/mol. The first-order valence-electron chi connectivity index (χ1n) is 6.50. The first kappa shape index (κ1) is 13.0. The van der Waals surface area contributed by atoms with E-state index in [-0.39, 0.29) is 0 Å². The van der Waals surface area contributed by atoms with Gasteiger partial charge >= 0.3 is 0 Å². The third kappa shape index (κ3) is 2.79. The topological polar surface area (TPSA) is 76.0 Å². The Bertz CT molecular complexity index is 577. The van der Waals surface area contributed by atoms with Crippen molar-refractivity contribution in [1.82, 2.24) is 15.5 Å². The van der Waals surface area contributed by atoms with E-state index >= 15 is 0 Å². The summed E-state index contributed by atoms with van der Waals surface area (Å²) in [4.78, 5) is 0. The van der Waals surface area contributed by atoms with Crippen molar-refractivity contribution in [2.24, 2.45) is 5.92 Å². The highest BCUT2D eigenvalue weighted by molar-refractivity contribution is 14.1. The van der Waals surface area contributed by atoms with Gasteiger partial charge in [-0.1, -0.05) is 0 Å². The summed E-state index contributed by atoms with van der Waals surface area (Å²) >= 11 is 2.27. The number of nitrogen functional groups attached to an aromatic ring is 1. The maximum Gasteiger partial charge on any atom is 0.154 e. The summed E-state index contributed by atoms with van der Waals surface area (Å²) in [6, 6.07) is 4.00. The van der Waals surface area contributed by atoms with Gasteiger partial charge in [0, 0.05) is 9.64 Å². The fourth-order valence-corrected chi connectivity index (χ4v) is 3.33. The number of piperidine rings is 1. The average molecular weight is 372 g/mol. The molecule has 1 aromatic heterocycles. The number of hydrogen-bond donors (Lipinski definition) is 3. The highest BCUT2D eigenvalue weighted by Gasteiger charge is 2.14. The quantitative estimate of drug-likeness (QED) is 0.722. The molecule has 102 valence electrons. The summed E-state index contributed by atoms with van der Waals surface area (Å²) in [6.07, 6.45) is 2.38. The Morgan fingerprint density at radius 2 is 2.16 bits per heavy atom. The first-order valence-corrected chi connectivity index (χ1v) is 7.58. The van der Waals surface area contributed by atoms with Crippen LogP contribution in [-0.4, -0.2) is 29.9 Å². The Morgan fingerprint density at radius 1 is 1.37 bits per heavy atom. The van der Waals surface area contributed by atoms with Crippen LogP contribution >= 0.6 is 22.6 Å². The Balaban J connectivity index is 1.74. The molecule has 6 heteroatoms. The number of nitrogens with zero attached hydrogens (tertiary/aromatic N) is 1. The maximum absolute atomic E-state index is 5.92. The van der Waals surface area contributed by atoms with Gasteiger partial charge in [0.25, 0.3) is 0 Å². The molecule has 1 aliphatic rings. The predicted octanol–water partition coefficient (Wildman–Crippen LogP) is 2.13. The summed E-state index contributed by atoms with van der Waals surface area (Å²) in [7, 11) is 0.